The summed E-state index contributed by atoms with van der Waals surface area (Å²) >= 11 is 0. The molecule has 3 N–H and O–H groups in total. The van der Waals surface area contributed by atoms with Crippen LogP contribution < -0.4 is 25.4 Å². The summed E-state index contributed by atoms with van der Waals surface area (Å²) in [4.78, 5) is 18.5. The van der Waals surface area contributed by atoms with Gasteiger partial charge in [0.2, 0.25) is 0 Å². The van der Waals surface area contributed by atoms with E-state index in [-0.39, 0.29) is 28.9 Å². The van der Waals surface area contributed by atoms with Gasteiger partial charge in [-0.25, -0.2) is 4.98 Å². The Morgan fingerprint density at radius 2 is 1.76 bits per heavy atom. The zero-order valence-corrected chi connectivity index (χ0v) is 21.4. The first-order valence-corrected chi connectivity index (χ1v) is 12.1. The largest absolute Gasteiger partial charge is 0.494 e. The number of pyridine rings is 1. The van der Waals surface area contributed by atoms with Crippen LogP contribution in [0.3, 0.4) is 0 Å². The monoisotopic (exact) mass is 529 g/mol. The second-order valence-electron chi connectivity index (χ2n) is 8.97. The molecule has 0 unspecified atom stereocenters. The van der Waals surface area contributed by atoms with E-state index in [4.69, 9.17) is 9.47 Å². The predicted octanol–water partition coefficient (Wildman–Crippen LogP) is 5.43. The molecule has 0 radical (unpaired) electrons. The number of hydrogen-bond donors (Lipinski definition) is 3. The quantitative estimate of drug-likeness (QED) is 0.359. The maximum absolute atomic E-state index is 13.8. The van der Waals surface area contributed by atoms with E-state index >= 15 is 0 Å². The van der Waals surface area contributed by atoms with E-state index in [9.17, 15) is 18.0 Å². The first-order valence-electron chi connectivity index (χ1n) is 12.1. The molecule has 2 aromatic carbocycles. The van der Waals surface area contributed by atoms with Crippen molar-refractivity contribution in [1.82, 2.24) is 15.2 Å². The van der Waals surface area contributed by atoms with Gasteiger partial charge in [0.25, 0.3) is 5.91 Å². The molecule has 3 aromatic rings. The van der Waals surface area contributed by atoms with E-state index < -0.39 is 17.6 Å². The molecule has 4 rings (SSSR count). The van der Waals surface area contributed by atoms with Crippen molar-refractivity contribution in [2.45, 2.75) is 25.1 Å². The first kappa shape index (κ1) is 27.1. The lowest BCUT2D eigenvalue weighted by Gasteiger charge is -2.29. The molecule has 1 saturated heterocycles. The fourth-order valence-electron chi connectivity index (χ4n) is 4.20. The molecule has 202 valence electrons. The summed E-state index contributed by atoms with van der Waals surface area (Å²) in [5.41, 5.74) is -0.290. The van der Waals surface area contributed by atoms with Gasteiger partial charge in [0, 0.05) is 38.5 Å². The number of alkyl halides is 3. The van der Waals surface area contributed by atoms with Crippen molar-refractivity contribution in [2.75, 3.05) is 44.9 Å². The average Bonchev–Trinajstić information content (AvgIpc) is 2.90. The van der Waals surface area contributed by atoms with Gasteiger partial charge in [-0.1, -0.05) is 12.1 Å². The number of likely N-dealkylation sites (tertiary alicyclic amines) is 1. The summed E-state index contributed by atoms with van der Waals surface area (Å²) in [5.74, 6) is 0.827. The number of benzene rings is 2. The van der Waals surface area contributed by atoms with Gasteiger partial charge >= 0.3 is 6.18 Å². The second kappa shape index (κ2) is 11.6. The number of piperidine rings is 1. The number of nitrogens with one attached hydrogen (secondary N) is 3. The van der Waals surface area contributed by atoms with Crippen LogP contribution in [0.25, 0.3) is 0 Å². The third-order valence-electron chi connectivity index (χ3n) is 6.28. The highest BCUT2D eigenvalue weighted by Gasteiger charge is 2.34. The van der Waals surface area contributed by atoms with Gasteiger partial charge in [0.05, 0.1) is 35.3 Å². The van der Waals surface area contributed by atoms with Gasteiger partial charge in [-0.3, -0.25) is 4.79 Å². The highest BCUT2D eigenvalue weighted by molar-refractivity contribution is 6.00. The Kier molecular flexibility index (Phi) is 8.26. The predicted molar refractivity (Wildman–Crippen MR) is 140 cm³/mol. The zero-order chi connectivity index (χ0) is 27.3. The number of anilines is 4. The first-order chi connectivity index (χ1) is 18.2. The number of nitrogens with zero attached hydrogens (tertiary/aromatic N) is 2. The van der Waals surface area contributed by atoms with E-state index in [0.717, 1.165) is 32.1 Å². The molecular weight excluding hydrogens is 499 g/mol. The van der Waals surface area contributed by atoms with Crippen LogP contribution in [0, 0.1) is 0 Å². The Morgan fingerprint density at radius 1 is 1.03 bits per heavy atom. The lowest BCUT2D eigenvalue weighted by atomic mass is 10.1. The van der Waals surface area contributed by atoms with E-state index in [0.29, 0.717) is 17.2 Å². The van der Waals surface area contributed by atoms with Crippen LogP contribution in [0.4, 0.5) is 36.1 Å². The van der Waals surface area contributed by atoms with Crippen molar-refractivity contribution in [2.24, 2.45) is 0 Å². The lowest BCUT2D eigenvalue weighted by Crippen LogP contribution is -2.35. The molecule has 1 aliphatic heterocycles. The SMILES string of the molecule is CNC(=O)c1ccccc1Nc1cc(Nc2ccc(OC3CCN(C)CC3)cc2OC)ncc1C(F)(F)F. The third-order valence-corrected chi connectivity index (χ3v) is 6.28. The van der Waals surface area contributed by atoms with Crippen molar-refractivity contribution >= 4 is 28.8 Å². The summed E-state index contributed by atoms with van der Waals surface area (Å²) in [6.45, 7) is 1.93. The van der Waals surface area contributed by atoms with Crippen molar-refractivity contribution in [1.29, 1.82) is 0 Å². The number of hydrogen-bond acceptors (Lipinski definition) is 7. The fourth-order valence-corrected chi connectivity index (χ4v) is 4.20. The second-order valence-corrected chi connectivity index (χ2v) is 8.97. The number of amides is 1. The molecule has 1 fully saturated rings. The molecule has 0 bridgehead atoms. The maximum Gasteiger partial charge on any atom is 0.419 e. The van der Waals surface area contributed by atoms with E-state index in [1.807, 2.05) is 0 Å². The maximum atomic E-state index is 13.8. The van der Waals surface area contributed by atoms with Gasteiger partial charge in [0.15, 0.2) is 0 Å². The van der Waals surface area contributed by atoms with Crippen LogP contribution in [-0.4, -0.2) is 56.2 Å². The fraction of sp³-hybridized carbons (Fsp3) is 0.333. The van der Waals surface area contributed by atoms with Crippen molar-refractivity contribution < 1.29 is 27.4 Å². The summed E-state index contributed by atoms with van der Waals surface area (Å²) in [6.07, 6.45) is -1.96. The topological polar surface area (TPSA) is 87.8 Å². The van der Waals surface area contributed by atoms with Crippen LogP contribution in [0.5, 0.6) is 11.5 Å². The molecule has 11 heteroatoms. The number of ether oxygens (including phenoxy) is 2. The number of aromatic nitrogens is 1. The number of carbonyl (C=O) groups is 1. The number of para-hydroxylation sites is 1. The Morgan fingerprint density at radius 3 is 2.45 bits per heavy atom. The molecule has 1 aromatic heterocycles. The van der Waals surface area contributed by atoms with E-state index in [1.54, 1.807) is 30.3 Å². The highest BCUT2D eigenvalue weighted by Crippen LogP contribution is 2.39. The minimum Gasteiger partial charge on any atom is -0.494 e. The van der Waals surface area contributed by atoms with Crippen LogP contribution >= 0.6 is 0 Å². The summed E-state index contributed by atoms with van der Waals surface area (Å²) < 4.78 is 53.0. The Labute approximate surface area is 219 Å². The number of rotatable bonds is 8. The Bertz CT molecular complexity index is 1280. The van der Waals surface area contributed by atoms with Crippen molar-refractivity contribution in [3.63, 3.8) is 0 Å². The molecule has 0 spiro atoms. The number of carbonyl (C=O) groups excluding carboxylic acids is 1. The minimum atomic E-state index is -4.67. The van der Waals surface area contributed by atoms with Crippen molar-refractivity contribution in [3.8, 4) is 11.5 Å². The normalized spacial score (nSPS) is 14.6. The molecule has 8 nitrogen and oxygen atoms in total. The summed E-state index contributed by atoms with van der Waals surface area (Å²) in [5, 5.41) is 8.28. The Hall–Kier alpha value is -3.99. The van der Waals surface area contributed by atoms with Gasteiger partial charge in [-0.15, -0.1) is 0 Å². The summed E-state index contributed by atoms with van der Waals surface area (Å²) in [7, 11) is 5.03. The highest BCUT2D eigenvalue weighted by atomic mass is 19.4. The number of halogens is 3. The zero-order valence-electron chi connectivity index (χ0n) is 21.4. The van der Waals surface area contributed by atoms with Crippen LogP contribution in [0.15, 0.2) is 54.7 Å². The van der Waals surface area contributed by atoms with Gasteiger partial charge in [-0.2, -0.15) is 13.2 Å². The van der Waals surface area contributed by atoms with Crippen LogP contribution in [0.1, 0.15) is 28.8 Å². The van der Waals surface area contributed by atoms with E-state index in [1.165, 1.54) is 32.4 Å². The van der Waals surface area contributed by atoms with Crippen LogP contribution in [0.2, 0.25) is 0 Å². The molecule has 38 heavy (non-hydrogen) atoms. The van der Waals surface area contributed by atoms with Gasteiger partial charge in [-0.05, 0) is 44.2 Å². The van der Waals surface area contributed by atoms with Gasteiger partial charge < -0.3 is 30.3 Å². The molecule has 1 aliphatic rings. The Balaban J connectivity index is 1.59. The van der Waals surface area contributed by atoms with Crippen LogP contribution in [-0.2, 0) is 6.18 Å². The number of methoxy groups -OCH3 is 1. The molecule has 0 aliphatic carbocycles. The molecule has 0 saturated carbocycles. The molecular formula is C27H30F3N5O3. The minimum absolute atomic E-state index is 0.109. The standard InChI is InChI=1S/C27H30F3N5O3/c1-31-26(36)19-6-4-5-7-21(19)33-23-15-25(32-16-20(23)27(28,29)30)34-22-9-8-18(14-24(22)37-3)38-17-10-12-35(2)13-11-17/h4-9,14-17H,10-13H2,1-3H3,(H,31,36)(H2,32,33,34). The van der Waals surface area contributed by atoms with E-state index in [2.05, 4.69) is 32.9 Å². The van der Waals surface area contributed by atoms with Crippen molar-refractivity contribution in [3.05, 3.63) is 65.9 Å². The lowest BCUT2D eigenvalue weighted by molar-refractivity contribution is -0.137. The molecule has 2 heterocycles. The molecule has 0 atom stereocenters. The summed E-state index contributed by atoms with van der Waals surface area (Å²) in [6, 6.07) is 12.8. The average molecular weight is 530 g/mol. The third kappa shape index (κ3) is 6.46. The van der Waals surface area contributed by atoms with Gasteiger partial charge in [0.1, 0.15) is 23.4 Å². The molecule has 1 amide bonds. The smallest absolute Gasteiger partial charge is 0.419 e.